The number of hydrogen-bond donors (Lipinski definition) is 2. The number of carboxylic acid groups (broad SMARTS) is 1. The highest BCUT2D eigenvalue weighted by Crippen LogP contribution is 2.24. The van der Waals surface area contributed by atoms with Gasteiger partial charge in [-0.15, -0.1) is 11.3 Å². The van der Waals surface area contributed by atoms with Gasteiger partial charge in [-0.2, -0.15) is 0 Å². The second kappa shape index (κ2) is 5.49. The molecule has 6 heteroatoms. The summed E-state index contributed by atoms with van der Waals surface area (Å²) >= 11 is 1.49. The molecule has 3 rings (SSSR count). The van der Waals surface area contributed by atoms with Crippen LogP contribution in [0.3, 0.4) is 0 Å². The molecule has 1 aromatic carbocycles. The maximum atomic E-state index is 12.9. The van der Waals surface area contributed by atoms with Gasteiger partial charge in [-0.25, -0.2) is 14.2 Å². The lowest BCUT2D eigenvalue weighted by atomic mass is 10.1. The third-order valence-electron chi connectivity index (χ3n) is 3.03. The predicted octanol–water partition coefficient (Wildman–Crippen LogP) is 3.57. The molecule has 0 atom stereocenters. The lowest BCUT2D eigenvalue weighted by Crippen LogP contribution is -1.94. The number of carbonyl (C=O) groups is 1. The highest BCUT2D eigenvalue weighted by atomic mass is 32.1. The van der Waals surface area contributed by atoms with Crippen LogP contribution in [-0.4, -0.2) is 21.0 Å². The van der Waals surface area contributed by atoms with Crippen LogP contribution in [0.15, 0.2) is 41.9 Å². The zero-order chi connectivity index (χ0) is 14.8. The summed E-state index contributed by atoms with van der Waals surface area (Å²) in [6.45, 7) is 0. The topological polar surface area (TPSA) is 66.0 Å². The average molecular weight is 302 g/mol. The van der Waals surface area contributed by atoms with Crippen LogP contribution in [0.5, 0.6) is 0 Å². The Morgan fingerprint density at radius 3 is 2.76 bits per heavy atom. The summed E-state index contributed by atoms with van der Waals surface area (Å²) in [5, 5.41) is 11.7. The minimum atomic E-state index is -0.997. The first-order valence-corrected chi connectivity index (χ1v) is 7.11. The number of H-pyrrole nitrogens is 1. The lowest BCUT2D eigenvalue weighted by molar-refractivity contribution is 0.0691. The first kappa shape index (κ1) is 13.5. The second-order valence-electron chi connectivity index (χ2n) is 4.54. The van der Waals surface area contributed by atoms with Crippen LogP contribution in [-0.2, 0) is 6.42 Å². The van der Waals surface area contributed by atoms with E-state index in [-0.39, 0.29) is 11.5 Å². The Kier molecular flexibility index (Phi) is 3.53. The van der Waals surface area contributed by atoms with Crippen molar-refractivity contribution in [3.8, 4) is 11.3 Å². The van der Waals surface area contributed by atoms with Crippen LogP contribution in [0, 0.1) is 5.82 Å². The fraction of sp³-hybridized carbons (Fsp3) is 0.0667. The number of rotatable bonds is 4. The Balaban J connectivity index is 1.79. The number of hydrogen-bond acceptors (Lipinski definition) is 3. The molecule has 0 aliphatic carbocycles. The summed E-state index contributed by atoms with van der Waals surface area (Å²) in [5.74, 6) is -1.25. The van der Waals surface area contributed by atoms with Gasteiger partial charge in [0.25, 0.3) is 0 Å². The van der Waals surface area contributed by atoms with Gasteiger partial charge in [0.05, 0.1) is 10.7 Å². The second-order valence-corrected chi connectivity index (χ2v) is 5.48. The fourth-order valence-corrected chi connectivity index (χ4v) is 2.80. The molecule has 0 spiro atoms. The molecule has 0 fully saturated rings. The number of benzene rings is 1. The summed E-state index contributed by atoms with van der Waals surface area (Å²) in [5.41, 5.74) is 2.60. The van der Waals surface area contributed by atoms with E-state index in [9.17, 15) is 9.18 Å². The van der Waals surface area contributed by atoms with Crippen LogP contribution >= 0.6 is 11.3 Å². The maximum absolute atomic E-state index is 12.9. The van der Waals surface area contributed by atoms with Gasteiger partial charge in [-0.1, -0.05) is 12.1 Å². The minimum Gasteiger partial charge on any atom is -0.477 e. The SMILES string of the molecule is O=C(O)c1cc(-c2csc(Cc3ccc(F)cc3)n2)c[nH]1. The summed E-state index contributed by atoms with van der Waals surface area (Å²) in [4.78, 5) is 18.0. The Bertz CT molecular complexity index is 777. The molecule has 106 valence electrons. The number of halogens is 1. The molecule has 2 N–H and O–H groups in total. The summed E-state index contributed by atoms with van der Waals surface area (Å²) in [6, 6.07) is 7.87. The molecule has 0 saturated heterocycles. The van der Waals surface area contributed by atoms with E-state index in [1.54, 1.807) is 24.4 Å². The number of aromatic nitrogens is 2. The highest BCUT2D eigenvalue weighted by Gasteiger charge is 2.10. The average Bonchev–Trinajstić information content (AvgIpc) is 3.10. The van der Waals surface area contributed by atoms with Crippen LogP contribution in [0.25, 0.3) is 11.3 Å². The molecule has 0 radical (unpaired) electrons. The van der Waals surface area contributed by atoms with Crippen molar-refractivity contribution < 1.29 is 14.3 Å². The van der Waals surface area contributed by atoms with Crippen molar-refractivity contribution in [2.45, 2.75) is 6.42 Å². The zero-order valence-corrected chi connectivity index (χ0v) is 11.7. The van der Waals surface area contributed by atoms with Gasteiger partial charge in [0.2, 0.25) is 0 Å². The molecule has 21 heavy (non-hydrogen) atoms. The van der Waals surface area contributed by atoms with E-state index in [2.05, 4.69) is 9.97 Å². The molecule has 3 aromatic rings. The van der Waals surface area contributed by atoms with Gasteiger partial charge in [0.15, 0.2) is 0 Å². The van der Waals surface area contributed by atoms with E-state index in [0.29, 0.717) is 6.42 Å². The summed E-state index contributed by atoms with van der Waals surface area (Å²) < 4.78 is 12.9. The van der Waals surface area contributed by atoms with Gasteiger partial charge in [0.1, 0.15) is 11.5 Å². The molecule has 0 aliphatic heterocycles. The third kappa shape index (κ3) is 3.00. The molecule has 2 heterocycles. The number of thiazole rings is 1. The number of carboxylic acids is 1. The van der Waals surface area contributed by atoms with E-state index in [0.717, 1.165) is 21.8 Å². The minimum absolute atomic E-state index is 0.137. The van der Waals surface area contributed by atoms with Gasteiger partial charge >= 0.3 is 5.97 Å². The van der Waals surface area contributed by atoms with Gasteiger partial charge < -0.3 is 10.1 Å². The van der Waals surface area contributed by atoms with Crippen molar-refractivity contribution >= 4 is 17.3 Å². The standard InChI is InChI=1S/C15H11FN2O2S/c16-11-3-1-9(2-4-11)5-14-18-13(8-21-14)10-6-12(15(19)20)17-7-10/h1-4,6-8,17H,5H2,(H,19,20). The molecule has 0 unspecified atom stereocenters. The summed E-state index contributed by atoms with van der Waals surface area (Å²) in [7, 11) is 0. The number of nitrogens with zero attached hydrogens (tertiary/aromatic N) is 1. The molecule has 0 amide bonds. The van der Waals surface area contributed by atoms with E-state index in [1.165, 1.54) is 23.5 Å². The van der Waals surface area contributed by atoms with Crippen LogP contribution < -0.4 is 0 Å². The number of nitrogens with one attached hydrogen (secondary N) is 1. The lowest BCUT2D eigenvalue weighted by Gasteiger charge is -1.97. The normalized spacial score (nSPS) is 10.7. The van der Waals surface area contributed by atoms with Crippen molar-refractivity contribution in [1.82, 2.24) is 9.97 Å². The van der Waals surface area contributed by atoms with Crippen LogP contribution in [0.2, 0.25) is 0 Å². The van der Waals surface area contributed by atoms with Crippen molar-refractivity contribution in [3.05, 3.63) is 64.0 Å². The van der Waals surface area contributed by atoms with Crippen LogP contribution in [0.1, 0.15) is 21.1 Å². The quantitative estimate of drug-likeness (QED) is 0.774. The van der Waals surface area contributed by atoms with E-state index >= 15 is 0 Å². The van der Waals surface area contributed by atoms with Gasteiger partial charge in [-0.05, 0) is 23.8 Å². The van der Waals surface area contributed by atoms with Crippen molar-refractivity contribution in [1.29, 1.82) is 0 Å². The molecule has 0 saturated carbocycles. The van der Waals surface area contributed by atoms with Crippen molar-refractivity contribution in [2.24, 2.45) is 0 Å². The largest absolute Gasteiger partial charge is 0.477 e. The Hall–Kier alpha value is -2.47. The molecule has 0 bridgehead atoms. The Labute approximate surface area is 123 Å². The molecule has 0 aliphatic rings. The third-order valence-corrected chi connectivity index (χ3v) is 3.88. The first-order valence-electron chi connectivity index (χ1n) is 6.23. The zero-order valence-electron chi connectivity index (χ0n) is 10.8. The smallest absolute Gasteiger partial charge is 0.352 e. The van der Waals surface area contributed by atoms with Crippen molar-refractivity contribution in [3.63, 3.8) is 0 Å². The highest BCUT2D eigenvalue weighted by molar-refractivity contribution is 7.10. The first-order chi connectivity index (χ1) is 10.1. The molecular formula is C15H11FN2O2S. The van der Waals surface area contributed by atoms with Crippen molar-refractivity contribution in [2.75, 3.05) is 0 Å². The molecular weight excluding hydrogens is 291 g/mol. The van der Waals surface area contributed by atoms with E-state index < -0.39 is 5.97 Å². The van der Waals surface area contributed by atoms with Gasteiger partial charge in [0, 0.05) is 23.6 Å². The Morgan fingerprint density at radius 1 is 1.33 bits per heavy atom. The number of aromatic carboxylic acids is 1. The predicted molar refractivity (Wildman–Crippen MR) is 78.1 cm³/mol. The molecule has 4 nitrogen and oxygen atoms in total. The van der Waals surface area contributed by atoms with E-state index in [4.69, 9.17) is 5.11 Å². The maximum Gasteiger partial charge on any atom is 0.352 e. The monoisotopic (exact) mass is 302 g/mol. The van der Waals surface area contributed by atoms with E-state index in [1.807, 2.05) is 5.38 Å². The Morgan fingerprint density at radius 2 is 2.10 bits per heavy atom. The summed E-state index contributed by atoms with van der Waals surface area (Å²) in [6.07, 6.45) is 2.25. The molecule has 2 aromatic heterocycles. The fourth-order valence-electron chi connectivity index (χ4n) is 1.97. The van der Waals surface area contributed by atoms with Crippen LogP contribution in [0.4, 0.5) is 4.39 Å². The number of aromatic amines is 1. The van der Waals surface area contributed by atoms with Gasteiger partial charge in [-0.3, -0.25) is 0 Å².